The van der Waals surface area contributed by atoms with Gasteiger partial charge in [0.05, 0.1) is 0 Å². The summed E-state index contributed by atoms with van der Waals surface area (Å²) in [6.45, 7) is 7.52. The Balaban J connectivity index is 1.93. The molecule has 4 amide bonds. The molecule has 1 aromatic rings. The Hall–Kier alpha value is -2.37. The number of amides is 4. The standard InChI is InChI=1S/C21H31N3O3/c1-5-6-7-8-9-12-21(4)19(26)24(20(27)23-21)14-18(25)22-17-11-10-15(2)13-16(17)3/h10-11,13H,5-9,12,14H2,1-4H3,(H,22,25)(H,23,27)/t21-/m1/s1. The van der Waals surface area contributed by atoms with Gasteiger partial charge in [0.1, 0.15) is 12.1 Å². The van der Waals surface area contributed by atoms with E-state index in [9.17, 15) is 14.4 Å². The van der Waals surface area contributed by atoms with Gasteiger partial charge in [-0.25, -0.2) is 4.79 Å². The molecule has 0 bridgehead atoms. The highest BCUT2D eigenvalue weighted by atomic mass is 16.2. The van der Waals surface area contributed by atoms with E-state index < -0.39 is 11.6 Å². The van der Waals surface area contributed by atoms with E-state index in [0.29, 0.717) is 12.1 Å². The molecule has 0 radical (unpaired) electrons. The zero-order valence-corrected chi connectivity index (χ0v) is 16.9. The lowest BCUT2D eigenvalue weighted by molar-refractivity contribution is -0.133. The average Bonchev–Trinajstić information content (AvgIpc) is 2.81. The third-order valence-electron chi connectivity index (χ3n) is 5.08. The maximum Gasteiger partial charge on any atom is 0.325 e. The van der Waals surface area contributed by atoms with Gasteiger partial charge < -0.3 is 10.6 Å². The zero-order valence-electron chi connectivity index (χ0n) is 16.9. The first-order valence-corrected chi connectivity index (χ1v) is 9.78. The monoisotopic (exact) mass is 373 g/mol. The van der Waals surface area contributed by atoms with Crippen LogP contribution in [0.4, 0.5) is 10.5 Å². The summed E-state index contributed by atoms with van der Waals surface area (Å²) in [4.78, 5) is 38.3. The highest BCUT2D eigenvalue weighted by Gasteiger charge is 2.47. The minimum Gasteiger partial charge on any atom is -0.324 e. The Kier molecular flexibility index (Phi) is 6.99. The van der Waals surface area contributed by atoms with Crippen molar-refractivity contribution in [2.24, 2.45) is 0 Å². The molecule has 0 unspecified atom stereocenters. The summed E-state index contributed by atoms with van der Waals surface area (Å²) in [5.41, 5.74) is 1.83. The van der Waals surface area contributed by atoms with E-state index in [-0.39, 0.29) is 18.4 Å². The van der Waals surface area contributed by atoms with Crippen molar-refractivity contribution >= 4 is 23.5 Å². The van der Waals surface area contributed by atoms with Gasteiger partial charge in [-0.3, -0.25) is 14.5 Å². The van der Waals surface area contributed by atoms with Crippen LogP contribution in [0.5, 0.6) is 0 Å². The Morgan fingerprint density at radius 1 is 1.15 bits per heavy atom. The molecule has 6 nitrogen and oxygen atoms in total. The molecule has 0 saturated carbocycles. The van der Waals surface area contributed by atoms with Crippen LogP contribution < -0.4 is 10.6 Å². The molecule has 2 N–H and O–H groups in total. The minimum absolute atomic E-state index is 0.274. The van der Waals surface area contributed by atoms with Crippen molar-refractivity contribution in [1.29, 1.82) is 0 Å². The smallest absolute Gasteiger partial charge is 0.324 e. The molecule has 0 spiro atoms. The van der Waals surface area contributed by atoms with Crippen molar-refractivity contribution < 1.29 is 14.4 Å². The molecule has 27 heavy (non-hydrogen) atoms. The van der Waals surface area contributed by atoms with E-state index >= 15 is 0 Å². The molecule has 0 aliphatic carbocycles. The van der Waals surface area contributed by atoms with Crippen LogP contribution in [0.3, 0.4) is 0 Å². The van der Waals surface area contributed by atoms with Gasteiger partial charge in [-0.2, -0.15) is 0 Å². The Morgan fingerprint density at radius 3 is 2.52 bits per heavy atom. The number of hydrogen-bond acceptors (Lipinski definition) is 3. The molecule has 148 valence electrons. The van der Waals surface area contributed by atoms with E-state index in [4.69, 9.17) is 0 Å². The fourth-order valence-electron chi connectivity index (χ4n) is 3.43. The van der Waals surface area contributed by atoms with Gasteiger partial charge in [-0.15, -0.1) is 0 Å². The summed E-state index contributed by atoms with van der Waals surface area (Å²) in [7, 11) is 0. The third kappa shape index (κ3) is 5.31. The van der Waals surface area contributed by atoms with Crippen LogP contribution >= 0.6 is 0 Å². The SMILES string of the molecule is CCCCCCC[C@@]1(C)NC(=O)N(CC(=O)Nc2ccc(C)cc2C)C1=O. The quantitative estimate of drug-likeness (QED) is 0.509. The number of rotatable bonds is 9. The average molecular weight is 373 g/mol. The lowest BCUT2D eigenvalue weighted by Crippen LogP contribution is -2.44. The molecule has 1 saturated heterocycles. The number of urea groups is 1. The molecule has 1 atom stereocenters. The van der Waals surface area contributed by atoms with Crippen LogP contribution in [0.25, 0.3) is 0 Å². The molecule has 2 rings (SSSR count). The molecular formula is C21H31N3O3. The highest BCUT2D eigenvalue weighted by Crippen LogP contribution is 2.24. The Labute approximate surface area is 161 Å². The van der Waals surface area contributed by atoms with Gasteiger partial charge in [-0.1, -0.05) is 56.7 Å². The number of carbonyl (C=O) groups is 3. The number of hydrogen-bond donors (Lipinski definition) is 2. The van der Waals surface area contributed by atoms with Crippen LogP contribution in [0.2, 0.25) is 0 Å². The molecular weight excluding hydrogens is 342 g/mol. The van der Waals surface area contributed by atoms with Gasteiger partial charge in [0, 0.05) is 5.69 Å². The molecule has 1 aromatic carbocycles. The highest BCUT2D eigenvalue weighted by molar-refractivity contribution is 6.09. The summed E-state index contributed by atoms with van der Waals surface area (Å²) >= 11 is 0. The molecule has 1 aliphatic rings. The van der Waals surface area contributed by atoms with E-state index in [2.05, 4.69) is 17.6 Å². The topological polar surface area (TPSA) is 78.5 Å². The van der Waals surface area contributed by atoms with Gasteiger partial charge in [0.25, 0.3) is 5.91 Å². The van der Waals surface area contributed by atoms with Crippen LogP contribution in [0.1, 0.15) is 63.5 Å². The van der Waals surface area contributed by atoms with Gasteiger partial charge in [-0.05, 0) is 38.8 Å². The third-order valence-corrected chi connectivity index (χ3v) is 5.08. The normalized spacial score (nSPS) is 19.3. The second-order valence-electron chi connectivity index (χ2n) is 7.68. The second-order valence-corrected chi connectivity index (χ2v) is 7.68. The van der Waals surface area contributed by atoms with Crippen molar-refractivity contribution in [3.8, 4) is 0 Å². The lowest BCUT2D eigenvalue weighted by atomic mass is 9.94. The zero-order chi connectivity index (χ0) is 20.0. The van der Waals surface area contributed by atoms with Gasteiger partial charge in [0.2, 0.25) is 5.91 Å². The molecule has 0 aromatic heterocycles. The fourth-order valence-corrected chi connectivity index (χ4v) is 3.43. The summed E-state index contributed by atoms with van der Waals surface area (Å²) in [6.07, 6.45) is 6.00. The summed E-state index contributed by atoms with van der Waals surface area (Å²) in [5.74, 6) is -0.698. The number of imide groups is 1. The van der Waals surface area contributed by atoms with Gasteiger partial charge >= 0.3 is 6.03 Å². The van der Waals surface area contributed by atoms with Crippen LogP contribution in [0.15, 0.2) is 18.2 Å². The minimum atomic E-state index is -0.913. The lowest BCUT2D eigenvalue weighted by Gasteiger charge is -2.21. The number of carbonyl (C=O) groups excluding carboxylic acids is 3. The van der Waals surface area contributed by atoms with Gasteiger partial charge in [0.15, 0.2) is 0 Å². The van der Waals surface area contributed by atoms with E-state index in [1.54, 1.807) is 6.92 Å². The van der Waals surface area contributed by atoms with Crippen LogP contribution in [0, 0.1) is 13.8 Å². The van der Waals surface area contributed by atoms with Crippen molar-refractivity contribution in [2.45, 2.75) is 71.8 Å². The van der Waals surface area contributed by atoms with E-state index in [0.717, 1.165) is 41.7 Å². The first-order valence-electron chi connectivity index (χ1n) is 9.78. The second kappa shape index (κ2) is 9.02. The summed E-state index contributed by atoms with van der Waals surface area (Å²) in [6, 6.07) is 5.21. The number of aryl methyl sites for hydroxylation is 2. The first kappa shape index (κ1) is 20.9. The molecule has 1 aliphatic heterocycles. The van der Waals surface area contributed by atoms with Crippen molar-refractivity contribution in [1.82, 2.24) is 10.2 Å². The fraction of sp³-hybridized carbons (Fsp3) is 0.571. The Bertz CT molecular complexity index is 717. The number of anilines is 1. The van der Waals surface area contributed by atoms with Crippen molar-refractivity contribution in [3.63, 3.8) is 0 Å². The first-order chi connectivity index (χ1) is 12.8. The van der Waals surface area contributed by atoms with E-state index in [1.165, 1.54) is 6.42 Å². The van der Waals surface area contributed by atoms with E-state index in [1.807, 2.05) is 32.0 Å². The summed E-state index contributed by atoms with van der Waals surface area (Å²) < 4.78 is 0. The van der Waals surface area contributed by atoms with Crippen LogP contribution in [-0.4, -0.2) is 34.8 Å². The van der Waals surface area contributed by atoms with Crippen LogP contribution in [-0.2, 0) is 9.59 Å². The van der Waals surface area contributed by atoms with Crippen molar-refractivity contribution in [2.75, 3.05) is 11.9 Å². The van der Waals surface area contributed by atoms with Crippen molar-refractivity contribution in [3.05, 3.63) is 29.3 Å². The molecule has 1 fully saturated rings. The maximum atomic E-state index is 12.7. The molecule has 6 heteroatoms. The predicted octanol–water partition coefficient (Wildman–Crippen LogP) is 3.91. The number of nitrogens with zero attached hydrogens (tertiary/aromatic N) is 1. The summed E-state index contributed by atoms with van der Waals surface area (Å²) in [5, 5.41) is 5.55. The predicted molar refractivity (Wildman–Crippen MR) is 107 cm³/mol. The maximum absolute atomic E-state index is 12.7. The Morgan fingerprint density at radius 2 is 1.85 bits per heavy atom. The number of unbranched alkanes of at least 4 members (excludes halogenated alkanes) is 4. The molecule has 1 heterocycles. The number of benzene rings is 1. The number of nitrogens with one attached hydrogen (secondary N) is 2. The largest absolute Gasteiger partial charge is 0.325 e.